The second kappa shape index (κ2) is 5.65. The monoisotopic (exact) mass is 321 g/mol. The van der Waals surface area contributed by atoms with Crippen LogP contribution < -0.4 is 5.32 Å². The zero-order valence-electron chi connectivity index (χ0n) is 11.3. The van der Waals surface area contributed by atoms with Crippen molar-refractivity contribution in [3.8, 4) is 0 Å². The summed E-state index contributed by atoms with van der Waals surface area (Å²) in [5, 5.41) is 4.78. The molecular formula is C15H20BrN3. The Morgan fingerprint density at radius 1 is 1.26 bits per heavy atom. The van der Waals surface area contributed by atoms with Gasteiger partial charge in [-0.15, -0.1) is 0 Å². The molecular weight excluding hydrogens is 302 g/mol. The maximum atomic E-state index is 3.58. The summed E-state index contributed by atoms with van der Waals surface area (Å²) >= 11 is 3.58. The average Bonchev–Trinajstić information content (AvgIpc) is 2.74. The van der Waals surface area contributed by atoms with Gasteiger partial charge in [0.1, 0.15) is 0 Å². The average molecular weight is 322 g/mol. The van der Waals surface area contributed by atoms with E-state index >= 15 is 0 Å². The number of aryl methyl sites for hydroxylation is 1. The molecule has 3 nitrogen and oxygen atoms in total. The van der Waals surface area contributed by atoms with Gasteiger partial charge in [-0.25, -0.2) is 0 Å². The van der Waals surface area contributed by atoms with Gasteiger partial charge in [-0.2, -0.15) is 0 Å². The molecule has 0 bridgehead atoms. The summed E-state index contributed by atoms with van der Waals surface area (Å²) in [7, 11) is 2.13. The molecule has 0 saturated carbocycles. The molecule has 0 unspecified atom stereocenters. The summed E-state index contributed by atoms with van der Waals surface area (Å²) in [6.07, 6.45) is 3.41. The summed E-state index contributed by atoms with van der Waals surface area (Å²) in [4.78, 5) is 2.55. The molecule has 0 radical (unpaired) electrons. The summed E-state index contributed by atoms with van der Waals surface area (Å²) in [6, 6.07) is 6.54. The van der Waals surface area contributed by atoms with Crippen molar-refractivity contribution in [1.29, 1.82) is 0 Å². The number of nitrogens with one attached hydrogen (secondary N) is 1. The third-order valence-electron chi connectivity index (χ3n) is 3.94. The molecule has 1 N–H and O–H groups in total. The van der Waals surface area contributed by atoms with Gasteiger partial charge in [0, 0.05) is 61.3 Å². The number of rotatable bonds is 3. The Kier molecular flexibility index (Phi) is 3.91. The third kappa shape index (κ3) is 2.86. The van der Waals surface area contributed by atoms with E-state index in [1.54, 1.807) is 0 Å². The Hall–Kier alpha value is -0.840. The molecule has 1 aromatic carbocycles. The second-order valence-electron chi connectivity index (χ2n) is 5.27. The van der Waals surface area contributed by atoms with Gasteiger partial charge in [0.2, 0.25) is 0 Å². The van der Waals surface area contributed by atoms with Crippen LogP contribution in [-0.2, 0) is 13.5 Å². The van der Waals surface area contributed by atoms with E-state index in [0.717, 1.165) is 30.5 Å². The van der Waals surface area contributed by atoms with Crippen molar-refractivity contribution in [1.82, 2.24) is 14.8 Å². The first-order valence-electron chi connectivity index (χ1n) is 6.90. The lowest BCUT2D eigenvalue weighted by Gasteiger charge is -2.26. The van der Waals surface area contributed by atoms with Gasteiger partial charge >= 0.3 is 0 Å². The zero-order valence-corrected chi connectivity index (χ0v) is 12.9. The highest BCUT2D eigenvalue weighted by Crippen LogP contribution is 2.25. The SMILES string of the molecule is Cn1cc(CCN2CCNCC2)c2cc(Br)ccc21. The Bertz CT molecular complexity index is 570. The van der Waals surface area contributed by atoms with Crippen molar-refractivity contribution < 1.29 is 0 Å². The number of benzene rings is 1. The van der Waals surface area contributed by atoms with Crippen molar-refractivity contribution in [2.75, 3.05) is 32.7 Å². The Balaban J connectivity index is 1.78. The molecule has 1 aromatic heterocycles. The third-order valence-corrected chi connectivity index (χ3v) is 4.43. The lowest BCUT2D eigenvalue weighted by atomic mass is 10.1. The Labute approximate surface area is 122 Å². The van der Waals surface area contributed by atoms with Crippen LogP contribution in [0.4, 0.5) is 0 Å². The van der Waals surface area contributed by atoms with Crippen LogP contribution in [0.2, 0.25) is 0 Å². The van der Waals surface area contributed by atoms with Gasteiger partial charge in [0.05, 0.1) is 0 Å². The fourth-order valence-electron chi connectivity index (χ4n) is 2.86. The molecule has 1 fully saturated rings. The molecule has 3 rings (SSSR count). The van der Waals surface area contributed by atoms with Crippen LogP contribution in [0.15, 0.2) is 28.9 Å². The summed E-state index contributed by atoms with van der Waals surface area (Å²) in [6.45, 7) is 5.76. The number of halogens is 1. The molecule has 102 valence electrons. The smallest absolute Gasteiger partial charge is 0.0481 e. The van der Waals surface area contributed by atoms with Gasteiger partial charge in [0.15, 0.2) is 0 Å². The quantitative estimate of drug-likeness (QED) is 0.936. The first kappa shape index (κ1) is 13.2. The van der Waals surface area contributed by atoms with Gasteiger partial charge in [-0.1, -0.05) is 15.9 Å². The molecule has 0 aliphatic carbocycles. The van der Waals surface area contributed by atoms with Gasteiger partial charge in [0.25, 0.3) is 0 Å². The van der Waals surface area contributed by atoms with E-state index < -0.39 is 0 Å². The van der Waals surface area contributed by atoms with Crippen LogP contribution in [0.5, 0.6) is 0 Å². The molecule has 4 heteroatoms. The second-order valence-corrected chi connectivity index (χ2v) is 6.18. The van der Waals surface area contributed by atoms with E-state index in [2.05, 4.69) is 62.2 Å². The lowest BCUT2D eigenvalue weighted by Crippen LogP contribution is -2.44. The summed E-state index contributed by atoms with van der Waals surface area (Å²) in [5.41, 5.74) is 2.77. The van der Waals surface area contributed by atoms with Crippen LogP contribution in [0.3, 0.4) is 0 Å². The molecule has 1 aliphatic heterocycles. The lowest BCUT2D eigenvalue weighted by molar-refractivity contribution is 0.244. The van der Waals surface area contributed by atoms with Crippen LogP contribution >= 0.6 is 15.9 Å². The molecule has 19 heavy (non-hydrogen) atoms. The number of piperazine rings is 1. The highest BCUT2D eigenvalue weighted by atomic mass is 79.9. The predicted molar refractivity (Wildman–Crippen MR) is 83.6 cm³/mol. The standard InChI is InChI=1S/C15H20BrN3/c1-18-11-12(4-7-19-8-5-17-6-9-19)14-10-13(16)2-3-15(14)18/h2-3,10-11,17H,4-9H2,1H3. The zero-order chi connectivity index (χ0) is 13.2. The first-order valence-corrected chi connectivity index (χ1v) is 7.70. The maximum absolute atomic E-state index is 3.58. The minimum atomic E-state index is 1.13. The normalized spacial score (nSPS) is 17.2. The van der Waals surface area contributed by atoms with E-state index in [4.69, 9.17) is 0 Å². The van der Waals surface area contributed by atoms with Gasteiger partial charge in [-0.3, -0.25) is 0 Å². The predicted octanol–water partition coefficient (Wildman–Crippen LogP) is 2.39. The van der Waals surface area contributed by atoms with Gasteiger partial charge < -0.3 is 14.8 Å². The van der Waals surface area contributed by atoms with Crippen molar-refractivity contribution in [2.24, 2.45) is 7.05 Å². The fourth-order valence-corrected chi connectivity index (χ4v) is 3.22. The number of fused-ring (bicyclic) bond motifs is 1. The van der Waals surface area contributed by atoms with E-state index in [1.807, 2.05) is 0 Å². The van der Waals surface area contributed by atoms with E-state index in [-0.39, 0.29) is 0 Å². The molecule has 2 heterocycles. The maximum Gasteiger partial charge on any atom is 0.0481 e. The summed E-state index contributed by atoms with van der Waals surface area (Å²) in [5.74, 6) is 0. The first-order chi connectivity index (χ1) is 9.24. The highest BCUT2D eigenvalue weighted by Gasteiger charge is 2.11. The largest absolute Gasteiger partial charge is 0.350 e. The highest BCUT2D eigenvalue weighted by molar-refractivity contribution is 9.10. The number of aromatic nitrogens is 1. The molecule has 2 aromatic rings. The van der Waals surface area contributed by atoms with Gasteiger partial charge in [-0.05, 0) is 30.2 Å². The van der Waals surface area contributed by atoms with Crippen molar-refractivity contribution in [2.45, 2.75) is 6.42 Å². The number of nitrogens with zero attached hydrogens (tertiary/aromatic N) is 2. The molecule has 0 spiro atoms. The fraction of sp³-hybridized carbons (Fsp3) is 0.467. The Morgan fingerprint density at radius 3 is 2.84 bits per heavy atom. The molecule has 0 amide bonds. The van der Waals surface area contributed by atoms with Crippen LogP contribution in [-0.4, -0.2) is 42.2 Å². The van der Waals surface area contributed by atoms with E-state index in [9.17, 15) is 0 Å². The Morgan fingerprint density at radius 2 is 2.05 bits per heavy atom. The van der Waals surface area contributed by atoms with Crippen molar-refractivity contribution >= 4 is 26.8 Å². The van der Waals surface area contributed by atoms with Crippen LogP contribution in [0.25, 0.3) is 10.9 Å². The molecule has 1 saturated heterocycles. The van der Waals surface area contributed by atoms with Crippen molar-refractivity contribution in [3.05, 3.63) is 34.4 Å². The minimum Gasteiger partial charge on any atom is -0.350 e. The topological polar surface area (TPSA) is 20.2 Å². The van der Waals surface area contributed by atoms with Crippen LogP contribution in [0, 0.1) is 0 Å². The summed E-state index contributed by atoms with van der Waals surface area (Å²) < 4.78 is 3.39. The number of hydrogen-bond donors (Lipinski definition) is 1. The number of hydrogen-bond acceptors (Lipinski definition) is 2. The van der Waals surface area contributed by atoms with E-state index in [0.29, 0.717) is 0 Å². The molecule has 0 atom stereocenters. The minimum absolute atomic E-state index is 1.13. The van der Waals surface area contributed by atoms with E-state index in [1.165, 1.54) is 29.6 Å². The van der Waals surface area contributed by atoms with Crippen LogP contribution in [0.1, 0.15) is 5.56 Å². The molecule has 1 aliphatic rings. The van der Waals surface area contributed by atoms with Crippen molar-refractivity contribution in [3.63, 3.8) is 0 Å².